The third-order valence-corrected chi connectivity index (χ3v) is 4.45. The molecule has 1 amide bonds. The fourth-order valence-electron chi connectivity index (χ4n) is 3.16. The van der Waals surface area contributed by atoms with Crippen LogP contribution in [0.5, 0.6) is 5.75 Å². The van der Waals surface area contributed by atoms with E-state index in [9.17, 15) is 18.4 Å². The number of carbonyl (C=O) groups is 1. The van der Waals surface area contributed by atoms with Crippen molar-refractivity contribution in [3.8, 4) is 5.75 Å². The van der Waals surface area contributed by atoms with Crippen LogP contribution >= 0.6 is 12.4 Å². The molecule has 1 aromatic heterocycles. The summed E-state index contributed by atoms with van der Waals surface area (Å²) in [7, 11) is 0. The van der Waals surface area contributed by atoms with Crippen molar-refractivity contribution in [2.45, 2.75) is 32.3 Å². The van der Waals surface area contributed by atoms with Crippen LogP contribution in [0.15, 0.2) is 39.5 Å². The number of anilines is 1. The molecule has 152 valence electrons. The van der Waals surface area contributed by atoms with Crippen molar-refractivity contribution in [1.82, 2.24) is 5.32 Å². The van der Waals surface area contributed by atoms with Crippen LogP contribution in [0.4, 0.5) is 14.5 Å². The Bertz CT molecular complexity index is 882. The van der Waals surface area contributed by atoms with Crippen LogP contribution in [0.2, 0.25) is 0 Å². The third kappa shape index (κ3) is 5.30. The van der Waals surface area contributed by atoms with Gasteiger partial charge in [-0.05, 0) is 56.6 Å². The van der Waals surface area contributed by atoms with E-state index in [4.69, 9.17) is 4.42 Å². The van der Waals surface area contributed by atoms with Gasteiger partial charge in [-0.3, -0.25) is 4.79 Å². The minimum absolute atomic E-state index is 0. The number of benzene rings is 1. The Labute approximate surface area is 166 Å². The summed E-state index contributed by atoms with van der Waals surface area (Å²) in [6, 6.07) is 7.29. The van der Waals surface area contributed by atoms with Crippen LogP contribution in [-0.4, -0.2) is 25.6 Å². The van der Waals surface area contributed by atoms with Gasteiger partial charge >= 0.3 is 12.2 Å². The average molecular weight is 415 g/mol. The summed E-state index contributed by atoms with van der Waals surface area (Å²) in [4.78, 5) is 24.9. The molecular formula is C19H21ClF2N2O4. The first kappa shape index (κ1) is 21.8. The molecule has 28 heavy (non-hydrogen) atoms. The number of hydrogen-bond acceptors (Lipinski definition) is 5. The molecule has 0 saturated carbocycles. The number of carbonyl (C=O) groups excluding carboxylic acids is 1. The standard InChI is InChI=1S/C19H20F2N2O4.ClH/c1-11-9-15(12-5-7-22-8-6-12)27-18(25)16(11)17(24)23-13-3-2-4-14(10-13)26-19(20)21;/h2-4,9-10,12,19,22H,5-8H2,1H3,(H,23,24);1H. The first-order valence-electron chi connectivity index (χ1n) is 8.65. The van der Waals surface area contributed by atoms with E-state index in [1.54, 1.807) is 13.0 Å². The summed E-state index contributed by atoms with van der Waals surface area (Å²) < 4.78 is 34.3. The Balaban J connectivity index is 0.00000280. The van der Waals surface area contributed by atoms with E-state index in [1.807, 2.05) is 0 Å². The fourth-order valence-corrected chi connectivity index (χ4v) is 3.16. The van der Waals surface area contributed by atoms with Crippen molar-refractivity contribution < 1.29 is 22.7 Å². The molecule has 1 saturated heterocycles. The van der Waals surface area contributed by atoms with Crippen molar-refractivity contribution in [1.29, 1.82) is 0 Å². The summed E-state index contributed by atoms with van der Waals surface area (Å²) in [6.07, 6.45) is 1.73. The molecule has 0 spiro atoms. The van der Waals surface area contributed by atoms with Gasteiger partial charge in [0.25, 0.3) is 5.91 Å². The smallest absolute Gasteiger partial charge is 0.387 e. The largest absolute Gasteiger partial charge is 0.435 e. The molecule has 0 aliphatic carbocycles. The first-order valence-corrected chi connectivity index (χ1v) is 8.65. The van der Waals surface area contributed by atoms with Gasteiger partial charge in [0.2, 0.25) is 0 Å². The van der Waals surface area contributed by atoms with Gasteiger partial charge in [-0.25, -0.2) is 4.79 Å². The van der Waals surface area contributed by atoms with Crippen molar-refractivity contribution in [2.75, 3.05) is 18.4 Å². The molecule has 0 radical (unpaired) electrons. The zero-order chi connectivity index (χ0) is 19.4. The number of alkyl halides is 2. The highest BCUT2D eigenvalue weighted by molar-refractivity contribution is 6.05. The van der Waals surface area contributed by atoms with Gasteiger partial charge in [-0.2, -0.15) is 8.78 Å². The number of amides is 1. The maximum absolute atomic E-state index is 12.5. The molecule has 0 atom stereocenters. The van der Waals surface area contributed by atoms with Crippen LogP contribution < -0.4 is 21.0 Å². The van der Waals surface area contributed by atoms with Gasteiger partial charge < -0.3 is 19.8 Å². The molecule has 3 rings (SSSR count). The van der Waals surface area contributed by atoms with E-state index in [-0.39, 0.29) is 35.3 Å². The lowest BCUT2D eigenvalue weighted by Gasteiger charge is -2.22. The summed E-state index contributed by atoms with van der Waals surface area (Å²) in [5.41, 5.74) is -0.0643. The zero-order valence-corrected chi connectivity index (χ0v) is 16.0. The number of rotatable bonds is 5. The topological polar surface area (TPSA) is 80.6 Å². The summed E-state index contributed by atoms with van der Waals surface area (Å²) in [5, 5.41) is 5.76. The highest BCUT2D eigenvalue weighted by Gasteiger charge is 2.22. The van der Waals surface area contributed by atoms with Gasteiger partial charge in [-0.15, -0.1) is 12.4 Å². The quantitative estimate of drug-likeness (QED) is 0.780. The highest BCUT2D eigenvalue weighted by atomic mass is 35.5. The summed E-state index contributed by atoms with van der Waals surface area (Å²) >= 11 is 0. The average Bonchev–Trinajstić information content (AvgIpc) is 2.61. The van der Waals surface area contributed by atoms with Gasteiger partial charge in [0.1, 0.15) is 17.1 Å². The Hall–Kier alpha value is -2.45. The van der Waals surface area contributed by atoms with Crippen molar-refractivity contribution in [2.24, 2.45) is 0 Å². The molecule has 9 heteroatoms. The minimum atomic E-state index is -2.97. The summed E-state index contributed by atoms with van der Waals surface area (Å²) in [6.45, 7) is 0.416. The van der Waals surface area contributed by atoms with Crippen LogP contribution in [0.25, 0.3) is 0 Å². The number of halogens is 3. The number of nitrogens with one attached hydrogen (secondary N) is 2. The predicted molar refractivity (Wildman–Crippen MR) is 103 cm³/mol. The fraction of sp³-hybridized carbons (Fsp3) is 0.368. The number of piperidine rings is 1. The van der Waals surface area contributed by atoms with E-state index in [2.05, 4.69) is 15.4 Å². The van der Waals surface area contributed by atoms with Gasteiger partial charge in [0, 0.05) is 17.7 Å². The molecular weight excluding hydrogens is 394 g/mol. The second-order valence-corrected chi connectivity index (χ2v) is 6.38. The van der Waals surface area contributed by atoms with E-state index in [0.29, 0.717) is 11.3 Å². The van der Waals surface area contributed by atoms with Crippen LogP contribution in [0.3, 0.4) is 0 Å². The molecule has 2 N–H and O–H groups in total. The Morgan fingerprint density at radius 2 is 2.00 bits per heavy atom. The summed E-state index contributed by atoms with van der Waals surface area (Å²) in [5.74, 6) is -0.0130. The monoisotopic (exact) mass is 414 g/mol. The van der Waals surface area contributed by atoms with Gasteiger partial charge in [0.05, 0.1) is 0 Å². The molecule has 0 bridgehead atoms. The first-order chi connectivity index (χ1) is 12.9. The number of hydrogen-bond donors (Lipinski definition) is 2. The van der Waals surface area contributed by atoms with E-state index >= 15 is 0 Å². The Kier molecular flexibility index (Phi) is 7.53. The van der Waals surface area contributed by atoms with Crippen molar-refractivity contribution in [3.63, 3.8) is 0 Å². The maximum Gasteiger partial charge on any atom is 0.387 e. The molecule has 2 heterocycles. The van der Waals surface area contributed by atoms with Crippen LogP contribution in [0, 0.1) is 6.92 Å². The molecule has 1 aliphatic rings. The molecule has 0 unspecified atom stereocenters. The van der Waals surface area contributed by atoms with E-state index < -0.39 is 18.1 Å². The molecule has 1 aromatic carbocycles. The molecule has 6 nitrogen and oxygen atoms in total. The minimum Gasteiger partial charge on any atom is -0.435 e. The highest BCUT2D eigenvalue weighted by Crippen LogP contribution is 2.26. The van der Waals surface area contributed by atoms with E-state index in [1.165, 1.54) is 24.3 Å². The number of aryl methyl sites for hydroxylation is 1. The second-order valence-electron chi connectivity index (χ2n) is 6.38. The van der Waals surface area contributed by atoms with Crippen molar-refractivity contribution >= 4 is 24.0 Å². The molecule has 1 fully saturated rings. The SMILES string of the molecule is Cc1cc(C2CCNCC2)oc(=O)c1C(=O)Nc1cccc(OC(F)F)c1.Cl. The van der Waals surface area contributed by atoms with E-state index in [0.717, 1.165) is 25.9 Å². The van der Waals surface area contributed by atoms with Gasteiger partial charge in [-0.1, -0.05) is 6.07 Å². The van der Waals surface area contributed by atoms with Crippen molar-refractivity contribution in [3.05, 3.63) is 57.6 Å². The lowest BCUT2D eigenvalue weighted by atomic mass is 9.94. The normalized spacial score (nSPS) is 14.4. The molecule has 1 aliphatic heterocycles. The van der Waals surface area contributed by atoms with Crippen LogP contribution in [0.1, 0.15) is 40.4 Å². The van der Waals surface area contributed by atoms with Gasteiger partial charge in [0.15, 0.2) is 0 Å². The predicted octanol–water partition coefficient (Wildman–Crippen LogP) is 3.69. The lowest BCUT2D eigenvalue weighted by Crippen LogP contribution is -2.28. The maximum atomic E-state index is 12.5. The molecule has 2 aromatic rings. The van der Waals surface area contributed by atoms with Crippen LogP contribution in [-0.2, 0) is 0 Å². The third-order valence-electron chi connectivity index (χ3n) is 4.45. The second kappa shape index (κ2) is 9.66. The Morgan fingerprint density at radius 1 is 1.29 bits per heavy atom. The Morgan fingerprint density at radius 3 is 2.64 bits per heavy atom. The zero-order valence-electron chi connectivity index (χ0n) is 15.2. The lowest BCUT2D eigenvalue weighted by molar-refractivity contribution is -0.0497. The number of ether oxygens (including phenoxy) is 1.